The lowest BCUT2D eigenvalue weighted by atomic mass is 10.1. The van der Waals surface area contributed by atoms with Crippen LogP contribution in [0.3, 0.4) is 0 Å². The molecule has 0 saturated carbocycles. The molecule has 0 radical (unpaired) electrons. The standard InChI is InChI=1S/C17H17N7O2S/c1-10-3-5-18-15(20-10)22-16-21-13(9-27-16)12-7-19-23-14(12)11-4-6-24(8-11)17(25)26-2/h3-5,7,9H,6,8H2,1-2H3,(H,19,23)(H,18,20,21,22). The second kappa shape index (κ2) is 7.16. The van der Waals surface area contributed by atoms with E-state index in [0.29, 0.717) is 24.2 Å². The molecule has 9 nitrogen and oxygen atoms in total. The highest BCUT2D eigenvalue weighted by atomic mass is 32.1. The lowest BCUT2D eigenvalue weighted by Crippen LogP contribution is -2.28. The summed E-state index contributed by atoms with van der Waals surface area (Å²) in [6.45, 7) is 2.88. The van der Waals surface area contributed by atoms with Crippen LogP contribution in [0.25, 0.3) is 16.8 Å². The van der Waals surface area contributed by atoms with Gasteiger partial charge in [-0.1, -0.05) is 6.08 Å². The number of aromatic amines is 1. The maximum Gasteiger partial charge on any atom is 0.410 e. The van der Waals surface area contributed by atoms with Crippen LogP contribution in [0.4, 0.5) is 15.9 Å². The second-order valence-electron chi connectivity index (χ2n) is 5.92. The molecule has 27 heavy (non-hydrogen) atoms. The molecule has 3 aromatic heterocycles. The van der Waals surface area contributed by atoms with Crippen molar-refractivity contribution < 1.29 is 9.53 Å². The smallest absolute Gasteiger partial charge is 0.410 e. The van der Waals surface area contributed by atoms with Gasteiger partial charge in [-0.15, -0.1) is 11.3 Å². The largest absolute Gasteiger partial charge is 0.453 e. The zero-order chi connectivity index (χ0) is 18.8. The summed E-state index contributed by atoms with van der Waals surface area (Å²) in [6, 6.07) is 1.84. The van der Waals surface area contributed by atoms with Crippen LogP contribution in [-0.4, -0.2) is 56.3 Å². The number of methoxy groups -OCH3 is 1. The second-order valence-corrected chi connectivity index (χ2v) is 6.78. The minimum absolute atomic E-state index is 0.347. The van der Waals surface area contributed by atoms with E-state index in [-0.39, 0.29) is 6.09 Å². The Morgan fingerprint density at radius 1 is 1.41 bits per heavy atom. The van der Waals surface area contributed by atoms with E-state index in [2.05, 4.69) is 30.5 Å². The van der Waals surface area contributed by atoms with Gasteiger partial charge in [0.25, 0.3) is 0 Å². The molecule has 4 rings (SSSR count). The number of carbonyl (C=O) groups is 1. The van der Waals surface area contributed by atoms with Gasteiger partial charge in [-0.2, -0.15) is 5.10 Å². The van der Waals surface area contributed by atoms with Crippen molar-refractivity contribution in [2.75, 3.05) is 25.5 Å². The van der Waals surface area contributed by atoms with Gasteiger partial charge in [0.15, 0.2) is 5.13 Å². The summed E-state index contributed by atoms with van der Waals surface area (Å²) in [5, 5.41) is 12.9. The summed E-state index contributed by atoms with van der Waals surface area (Å²) in [7, 11) is 1.38. The van der Waals surface area contributed by atoms with Crippen LogP contribution < -0.4 is 5.32 Å². The number of hydrogen-bond donors (Lipinski definition) is 2. The van der Waals surface area contributed by atoms with Gasteiger partial charge in [-0.25, -0.2) is 19.7 Å². The van der Waals surface area contributed by atoms with E-state index < -0.39 is 0 Å². The first-order valence-electron chi connectivity index (χ1n) is 8.22. The molecule has 3 aromatic rings. The molecular formula is C17H17N7O2S. The zero-order valence-corrected chi connectivity index (χ0v) is 15.6. The normalized spacial score (nSPS) is 13.6. The minimum Gasteiger partial charge on any atom is -0.453 e. The third-order valence-corrected chi connectivity index (χ3v) is 4.86. The van der Waals surface area contributed by atoms with Crippen molar-refractivity contribution in [1.29, 1.82) is 0 Å². The Hall–Kier alpha value is -3.27. The number of aryl methyl sites for hydroxylation is 1. The predicted molar refractivity (Wildman–Crippen MR) is 102 cm³/mol. The topological polar surface area (TPSA) is 109 Å². The van der Waals surface area contributed by atoms with E-state index in [0.717, 1.165) is 28.2 Å². The Balaban J connectivity index is 1.54. The number of rotatable bonds is 4. The lowest BCUT2D eigenvalue weighted by molar-refractivity contribution is 0.135. The zero-order valence-electron chi connectivity index (χ0n) is 14.8. The maximum absolute atomic E-state index is 11.7. The summed E-state index contributed by atoms with van der Waals surface area (Å²) in [6.07, 6.45) is 5.08. The molecule has 0 atom stereocenters. The molecule has 0 unspecified atom stereocenters. The van der Waals surface area contributed by atoms with Gasteiger partial charge in [-0.05, 0) is 18.6 Å². The van der Waals surface area contributed by atoms with E-state index in [1.165, 1.54) is 18.4 Å². The Kier molecular flexibility index (Phi) is 4.55. The van der Waals surface area contributed by atoms with Gasteiger partial charge in [0, 0.05) is 29.4 Å². The van der Waals surface area contributed by atoms with Gasteiger partial charge in [-0.3, -0.25) is 5.10 Å². The van der Waals surface area contributed by atoms with Crippen LogP contribution >= 0.6 is 11.3 Å². The van der Waals surface area contributed by atoms with Crippen molar-refractivity contribution in [3.05, 3.63) is 41.3 Å². The number of H-pyrrole nitrogens is 1. The average Bonchev–Trinajstić information content (AvgIpc) is 3.40. The number of nitrogens with one attached hydrogen (secondary N) is 2. The highest BCUT2D eigenvalue weighted by molar-refractivity contribution is 7.14. The number of aromatic nitrogens is 5. The monoisotopic (exact) mass is 383 g/mol. The summed E-state index contributed by atoms with van der Waals surface area (Å²) < 4.78 is 4.78. The van der Waals surface area contributed by atoms with Crippen LogP contribution in [0.1, 0.15) is 11.4 Å². The molecule has 10 heteroatoms. The van der Waals surface area contributed by atoms with E-state index in [4.69, 9.17) is 4.74 Å². The van der Waals surface area contributed by atoms with Crippen molar-refractivity contribution in [3.63, 3.8) is 0 Å². The first-order valence-corrected chi connectivity index (χ1v) is 9.10. The molecule has 0 spiro atoms. The van der Waals surface area contributed by atoms with E-state index in [1.807, 2.05) is 24.4 Å². The van der Waals surface area contributed by atoms with Crippen molar-refractivity contribution >= 4 is 34.1 Å². The fourth-order valence-electron chi connectivity index (χ4n) is 2.79. The SMILES string of the molecule is COC(=O)N1CC=C(c2[nH]ncc2-c2csc(Nc3nccc(C)n3)n2)C1. The van der Waals surface area contributed by atoms with Crippen molar-refractivity contribution in [2.24, 2.45) is 0 Å². The van der Waals surface area contributed by atoms with Crippen molar-refractivity contribution in [2.45, 2.75) is 6.92 Å². The lowest BCUT2D eigenvalue weighted by Gasteiger charge is -2.14. The predicted octanol–water partition coefficient (Wildman–Crippen LogP) is 2.84. The molecule has 0 saturated heterocycles. The molecular weight excluding hydrogens is 366 g/mol. The van der Waals surface area contributed by atoms with Crippen molar-refractivity contribution in [3.8, 4) is 11.3 Å². The van der Waals surface area contributed by atoms with Gasteiger partial charge in [0.1, 0.15) is 0 Å². The molecule has 1 aliphatic rings. The van der Waals surface area contributed by atoms with Gasteiger partial charge >= 0.3 is 6.09 Å². The Bertz CT molecular complexity index is 1010. The Morgan fingerprint density at radius 2 is 2.30 bits per heavy atom. The number of anilines is 2. The number of ether oxygens (including phenoxy) is 1. The summed E-state index contributed by atoms with van der Waals surface area (Å²) >= 11 is 1.46. The Labute approximate surface area is 159 Å². The molecule has 4 heterocycles. The highest BCUT2D eigenvalue weighted by Crippen LogP contribution is 2.32. The highest BCUT2D eigenvalue weighted by Gasteiger charge is 2.24. The molecule has 0 aliphatic carbocycles. The number of amides is 1. The van der Waals surface area contributed by atoms with E-state index in [1.54, 1.807) is 17.3 Å². The van der Waals surface area contributed by atoms with Crippen LogP contribution in [0.15, 0.2) is 29.9 Å². The molecule has 2 N–H and O–H groups in total. The molecule has 0 aromatic carbocycles. The van der Waals surface area contributed by atoms with Gasteiger partial charge in [0.2, 0.25) is 5.95 Å². The average molecular weight is 383 g/mol. The summed E-state index contributed by atoms with van der Waals surface area (Å²) in [4.78, 5) is 26.4. The van der Waals surface area contributed by atoms with E-state index in [9.17, 15) is 4.79 Å². The van der Waals surface area contributed by atoms with Crippen molar-refractivity contribution in [1.82, 2.24) is 30.0 Å². The molecule has 0 bridgehead atoms. The third kappa shape index (κ3) is 3.51. The Morgan fingerprint density at radius 3 is 3.11 bits per heavy atom. The number of carbonyl (C=O) groups excluding carboxylic acids is 1. The van der Waals surface area contributed by atoms with E-state index >= 15 is 0 Å². The first-order chi connectivity index (χ1) is 13.1. The fourth-order valence-corrected chi connectivity index (χ4v) is 3.49. The van der Waals surface area contributed by atoms with Gasteiger partial charge < -0.3 is 15.0 Å². The van der Waals surface area contributed by atoms with Crippen LogP contribution in [0, 0.1) is 6.92 Å². The number of thiazole rings is 1. The molecule has 0 fully saturated rings. The summed E-state index contributed by atoms with van der Waals surface area (Å²) in [5.41, 5.74) is 4.38. The first kappa shape index (κ1) is 17.2. The number of hydrogen-bond acceptors (Lipinski definition) is 8. The molecule has 1 aliphatic heterocycles. The van der Waals surface area contributed by atoms with Crippen LogP contribution in [0.5, 0.6) is 0 Å². The molecule has 138 valence electrons. The summed E-state index contributed by atoms with van der Waals surface area (Å²) in [5.74, 6) is 0.510. The minimum atomic E-state index is -0.347. The number of nitrogens with zero attached hydrogens (tertiary/aromatic N) is 5. The fraction of sp³-hybridized carbons (Fsp3) is 0.235. The van der Waals surface area contributed by atoms with Gasteiger partial charge in [0.05, 0.1) is 31.2 Å². The van der Waals surface area contributed by atoms with Crippen LogP contribution in [0.2, 0.25) is 0 Å². The quantitative estimate of drug-likeness (QED) is 0.713. The maximum atomic E-state index is 11.7. The van der Waals surface area contributed by atoms with Crippen LogP contribution in [-0.2, 0) is 4.74 Å². The molecule has 1 amide bonds. The third-order valence-electron chi connectivity index (χ3n) is 4.11.